The van der Waals surface area contributed by atoms with E-state index in [2.05, 4.69) is 26.6 Å². The first-order chi connectivity index (χ1) is 12.0. The number of nitrogens with one attached hydrogen (secondary N) is 2. The van der Waals surface area contributed by atoms with Crippen LogP contribution in [0.4, 0.5) is 5.69 Å². The fourth-order valence-electron chi connectivity index (χ4n) is 1.99. The summed E-state index contributed by atoms with van der Waals surface area (Å²) < 4.78 is 6.39. The Labute approximate surface area is 154 Å². The van der Waals surface area contributed by atoms with Gasteiger partial charge in [-0.1, -0.05) is 28.1 Å². The summed E-state index contributed by atoms with van der Waals surface area (Å²) in [6, 6.07) is 13.8. The molecule has 3 N–H and O–H groups in total. The van der Waals surface area contributed by atoms with E-state index in [0.717, 1.165) is 4.47 Å². The fraction of sp³-hybridized carbons (Fsp3) is 0.222. The predicted molar refractivity (Wildman–Crippen MR) is 98.7 cm³/mol. The number of ether oxygens (including phenoxy) is 1. The highest BCUT2D eigenvalue weighted by Crippen LogP contribution is 2.18. The Bertz CT molecular complexity index is 732. The van der Waals surface area contributed by atoms with E-state index in [-0.39, 0.29) is 25.0 Å². The number of carbonyl (C=O) groups excluding carboxylic acids is 2. The molecule has 7 heteroatoms. The summed E-state index contributed by atoms with van der Waals surface area (Å²) in [6.07, 6.45) is -0.645. The number of aliphatic hydroxyl groups is 1. The van der Waals surface area contributed by atoms with E-state index in [1.807, 2.05) is 12.1 Å². The van der Waals surface area contributed by atoms with Crippen LogP contribution in [0.2, 0.25) is 0 Å². The maximum absolute atomic E-state index is 12.1. The van der Waals surface area contributed by atoms with Crippen LogP contribution in [0, 0.1) is 0 Å². The van der Waals surface area contributed by atoms with Gasteiger partial charge in [0.25, 0.3) is 11.8 Å². The number of hydrogen-bond acceptors (Lipinski definition) is 4. The molecule has 0 saturated heterocycles. The van der Waals surface area contributed by atoms with Crippen molar-refractivity contribution < 1.29 is 19.4 Å². The molecule has 0 saturated carbocycles. The summed E-state index contributed by atoms with van der Waals surface area (Å²) in [4.78, 5) is 24.1. The second-order valence-corrected chi connectivity index (χ2v) is 6.31. The zero-order valence-electron chi connectivity index (χ0n) is 13.7. The van der Waals surface area contributed by atoms with E-state index in [9.17, 15) is 14.7 Å². The minimum absolute atomic E-state index is 0.136. The van der Waals surface area contributed by atoms with Gasteiger partial charge in [-0.2, -0.15) is 0 Å². The first kappa shape index (κ1) is 19.0. The lowest BCUT2D eigenvalue weighted by Crippen LogP contribution is -2.31. The summed E-state index contributed by atoms with van der Waals surface area (Å²) in [5.74, 6) is -0.400. The monoisotopic (exact) mass is 406 g/mol. The molecular weight excluding hydrogens is 388 g/mol. The van der Waals surface area contributed by atoms with Crippen LogP contribution in [-0.4, -0.2) is 36.2 Å². The van der Waals surface area contributed by atoms with E-state index in [1.54, 1.807) is 43.3 Å². The fourth-order valence-corrected chi connectivity index (χ4v) is 2.25. The average Bonchev–Trinajstić information content (AvgIpc) is 2.60. The maximum atomic E-state index is 12.1. The van der Waals surface area contributed by atoms with Gasteiger partial charge in [0.1, 0.15) is 5.75 Å². The van der Waals surface area contributed by atoms with Gasteiger partial charge in [0.05, 0.1) is 11.7 Å². The van der Waals surface area contributed by atoms with E-state index in [1.165, 1.54) is 0 Å². The van der Waals surface area contributed by atoms with Crippen molar-refractivity contribution in [3.05, 3.63) is 58.6 Å². The van der Waals surface area contributed by atoms with Crippen LogP contribution in [0.1, 0.15) is 17.3 Å². The molecule has 2 amide bonds. The SMILES string of the molecule is CC(O)CNC(=O)c1ccccc1OCC(=O)Nc1ccc(Br)cc1. The highest BCUT2D eigenvalue weighted by atomic mass is 79.9. The number of aliphatic hydroxyl groups excluding tert-OH is 1. The largest absolute Gasteiger partial charge is 0.483 e. The molecule has 0 fully saturated rings. The van der Waals surface area contributed by atoms with Gasteiger partial charge in [-0.3, -0.25) is 9.59 Å². The van der Waals surface area contributed by atoms with Crippen molar-refractivity contribution in [1.29, 1.82) is 0 Å². The van der Waals surface area contributed by atoms with Gasteiger partial charge in [-0.15, -0.1) is 0 Å². The molecule has 2 rings (SSSR count). The van der Waals surface area contributed by atoms with Crippen LogP contribution in [0.3, 0.4) is 0 Å². The molecule has 0 aliphatic carbocycles. The first-order valence-corrected chi connectivity index (χ1v) is 8.48. The van der Waals surface area contributed by atoms with Crippen LogP contribution in [0.5, 0.6) is 5.75 Å². The Hall–Kier alpha value is -2.38. The van der Waals surface area contributed by atoms with E-state index in [0.29, 0.717) is 17.0 Å². The number of carbonyl (C=O) groups is 2. The third kappa shape index (κ3) is 6.21. The Morgan fingerprint density at radius 3 is 2.52 bits per heavy atom. The topological polar surface area (TPSA) is 87.7 Å². The molecule has 25 heavy (non-hydrogen) atoms. The molecule has 0 radical (unpaired) electrons. The Balaban J connectivity index is 1.94. The molecule has 0 spiro atoms. The lowest BCUT2D eigenvalue weighted by atomic mass is 10.2. The number of halogens is 1. The molecule has 0 aromatic heterocycles. The molecule has 0 heterocycles. The summed E-state index contributed by atoms with van der Waals surface area (Å²) >= 11 is 3.33. The van der Waals surface area contributed by atoms with Gasteiger partial charge in [-0.05, 0) is 43.3 Å². The third-order valence-corrected chi connectivity index (χ3v) is 3.71. The quantitative estimate of drug-likeness (QED) is 0.659. The van der Waals surface area contributed by atoms with Crippen molar-refractivity contribution in [3.63, 3.8) is 0 Å². The average molecular weight is 407 g/mol. The van der Waals surface area contributed by atoms with E-state index < -0.39 is 6.10 Å². The first-order valence-electron chi connectivity index (χ1n) is 7.69. The Morgan fingerprint density at radius 1 is 1.16 bits per heavy atom. The minimum atomic E-state index is -0.645. The van der Waals surface area contributed by atoms with Gasteiger partial charge in [0, 0.05) is 16.7 Å². The zero-order valence-corrected chi connectivity index (χ0v) is 15.2. The van der Waals surface area contributed by atoms with Crippen molar-refractivity contribution in [3.8, 4) is 5.75 Å². The maximum Gasteiger partial charge on any atom is 0.262 e. The van der Waals surface area contributed by atoms with Gasteiger partial charge in [0.2, 0.25) is 0 Å². The predicted octanol–water partition coefficient (Wildman–Crippen LogP) is 2.58. The van der Waals surface area contributed by atoms with Crippen molar-refractivity contribution in [2.45, 2.75) is 13.0 Å². The molecule has 0 bridgehead atoms. The van der Waals surface area contributed by atoms with Gasteiger partial charge in [-0.25, -0.2) is 0 Å². The smallest absolute Gasteiger partial charge is 0.262 e. The van der Waals surface area contributed by atoms with Crippen molar-refractivity contribution in [1.82, 2.24) is 5.32 Å². The standard InChI is InChI=1S/C18H19BrN2O4/c1-12(22)10-20-18(24)15-4-2-3-5-16(15)25-11-17(23)21-14-8-6-13(19)7-9-14/h2-9,12,22H,10-11H2,1H3,(H,20,24)(H,21,23). The molecule has 132 valence electrons. The van der Waals surface area contributed by atoms with Crippen molar-refractivity contribution >= 4 is 33.4 Å². The van der Waals surface area contributed by atoms with Crippen LogP contribution < -0.4 is 15.4 Å². The van der Waals surface area contributed by atoms with Crippen LogP contribution in [0.25, 0.3) is 0 Å². The summed E-state index contributed by atoms with van der Waals surface area (Å²) in [7, 11) is 0. The second kappa shape index (κ2) is 9.19. The van der Waals surface area contributed by atoms with E-state index >= 15 is 0 Å². The lowest BCUT2D eigenvalue weighted by molar-refractivity contribution is -0.118. The van der Waals surface area contributed by atoms with Gasteiger partial charge in [0.15, 0.2) is 6.61 Å². The van der Waals surface area contributed by atoms with Crippen LogP contribution in [-0.2, 0) is 4.79 Å². The number of rotatable bonds is 7. The van der Waals surface area contributed by atoms with Gasteiger partial charge >= 0.3 is 0 Å². The molecule has 2 aromatic carbocycles. The number of anilines is 1. The lowest BCUT2D eigenvalue weighted by Gasteiger charge is -2.12. The molecule has 2 aromatic rings. The zero-order chi connectivity index (χ0) is 18.2. The molecule has 1 unspecified atom stereocenters. The number of para-hydroxylation sites is 1. The number of benzene rings is 2. The Kier molecular flexibility index (Phi) is 6.97. The van der Waals surface area contributed by atoms with E-state index in [4.69, 9.17) is 4.74 Å². The highest BCUT2D eigenvalue weighted by Gasteiger charge is 2.13. The highest BCUT2D eigenvalue weighted by molar-refractivity contribution is 9.10. The Morgan fingerprint density at radius 2 is 1.84 bits per heavy atom. The van der Waals surface area contributed by atoms with Crippen molar-refractivity contribution in [2.75, 3.05) is 18.5 Å². The molecular formula is C18H19BrN2O4. The summed E-state index contributed by atoms with van der Waals surface area (Å²) in [5.41, 5.74) is 0.958. The molecule has 6 nitrogen and oxygen atoms in total. The minimum Gasteiger partial charge on any atom is -0.483 e. The van der Waals surface area contributed by atoms with Crippen LogP contribution >= 0.6 is 15.9 Å². The van der Waals surface area contributed by atoms with Gasteiger partial charge < -0.3 is 20.5 Å². The summed E-state index contributed by atoms with van der Waals surface area (Å²) in [5, 5.41) is 14.6. The number of amides is 2. The molecule has 0 aliphatic heterocycles. The molecule has 1 atom stereocenters. The number of hydrogen-bond donors (Lipinski definition) is 3. The van der Waals surface area contributed by atoms with Crippen molar-refractivity contribution in [2.24, 2.45) is 0 Å². The van der Waals surface area contributed by atoms with Crippen LogP contribution in [0.15, 0.2) is 53.0 Å². The second-order valence-electron chi connectivity index (χ2n) is 5.40. The third-order valence-electron chi connectivity index (χ3n) is 3.18. The summed E-state index contributed by atoms with van der Waals surface area (Å²) in [6.45, 7) is 1.49. The normalized spacial score (nSPS) is 11.5. The molecule has 0 aliphatic rings.